The molecule has 0 fully saturated rings. The highest BCUT2D eigenvalue weighted by molar-refractivity contribution is 5.68. The monoisotopic (exact) mass is 227 g/mol. The Morgan fingerprint density at radius 1 is 1.62 bits per heavy atom. The molecule has 5 heteroatoms. The number of rotatable bonds is 5. The molecule has 0 aliphatic heterocycles. The molecule has 0 aliphatic carbocycles. The molecule has 3 N–H and O–H groups in total. The largest absolute Gasteiger partial charge is 0.494 e. The van der Waals surface area contributed by atoms with Gasteiger partial charge in [0.2, 0.25) is 0 Å². The molecule has 1 aromatic rings. The predicted molar refractivity (Wildman–Crippen MR) is 57.0 cm³/mol. The standard InChI is InChI=1S/C11H14FNO3/c1-16-10-4-7(2-3-9(10)12)8(6-13)5-11(14)15/h2-4,8H,5-6,13H2,1H3,(H,14,15). The Kier molecular flexibility index (Phi) is 4.25. The van der Waals surface area contributed by atoms with Crippen LogP contribution in [0.25, 0.3) is 0 Å². The smallest absolute Gasteiger partial charge is 0.304 e. The van der Waals surface area contributed by atoms with Crippen LogP contribution >= 0.6 is 0 Å². The van der Waals surface area contributed by atoms with Crippen LogP contribution in [0.2, 0.25) is 0 Å². The number of halogens is 1. The average Bonchev–Trinajstić information content (AvgIpc) is 2.26. The number of benzene rings is 1. The fraction of sp³-hybridized carbons (Fsp3) is 0.364. The van der Waals surface area contributed by atoms with E-state index in [9.17, 15) is 9.18 Å². The summed E-state index contributed by atoms with van der Waals surface area (Å²) in [7, 11) is 1.36. The van der Waals surface area contributed by atoms with Crippen LogP contribution in [0.1, 0.15) is 17.9 Å². The molecule has 1 unspecified atom stereocenters. The maximum Gasteiger partial charge on any atom is 0.304 e. The van der Waals surface area contributed by atoms with Crippen molar-refractivity contribution in [1.29, 1.82) is 0 Å². The second-order valence-electron chi connectivity index (χ2n) is 3.42. The lowest BCUT2D eigenvalue weighted by Gasteiger charge is -2.14. The Morgan fingerprint density at radius 2 is 2.31 bits per heavy atom. The highest BCUT2D eigenvalue weighted by Gasteiger charge is 2.15. The Balaban J connectivity index is 2.96. The fourth-order valence-electron chi connectivity index (χ4n) is 1.48. The molecule has 88 valence electrons. The molecule has 4 nitrogen and oxygen atoms in total. The lowest BCUT2D eigenvalue weighted by atomic mass is 9.95. The first-order valence-corrected chi connectivity index (χ1v) is 4.83. The van der Waals surface area contributed by atoms with Gasteiger partial charge in [0.05, 0.1) is 13.5 Å². The molecule has 0 spiro atoms. The molecule has 0 aromatic heterocycles. The van der Waals surface area contributed by atoms with Crippen molar-refractivity contribution in [3.8, 4) is 5.75 Å². The minimum atomic E-state index is -0.932. The Bertz CT molecular complexity index is 381. The second kappa shape index (κ2) is 5.46. The lowest BCUT2D eigenvalue weighted by molar-refractivity contribution is -0.137. The van der Waals surface area contributed by atoms with E-state index in [0.29, 0.717) is 5.56 Å². The van der Waals surface area contributed by atoms with Crippen LogP contribution in [0.15, 0.2) is 18.2 Å². The summed E-state index contributed by atoms with van der Waals surface area (Å²) in [5.74, 6) is -1.63. The minimum Gasteiger partial charge on any atom is -0.494 e. The van der Waals surface area contributed by atoms with Gasteiger partial charge in [0.25, 0.3) is 0 Å². The van der Waals surface area contributed by atoms with E-state index in [1.165, 1.54) is 25.3 Å². The number of carboxylic acids is 1. The van der Waals surface area contributed by atoms with Gasteiger partial charge >= 0.3 is 5.97 Å². The number of carbonyl (C=O) groups is 1. The maximum atomic E-state index is 13.1. The highest BCUT2D eigenvalue weighted by Crippen LogP contribution is 2.25. The van der Waals surface area contributed by atoms with Crippen molar-refractivity contribution in [2.45, 2.75) is 12.3 Å². The molecule has 1 aromatic carbocycles. The normalized spacial score (nSPS) is 12.2. The van der Waals surface area contributed by atoms with Gasteiger partial charge in [-0.2, -0.15) is 0 Å². The number of nitrogens with two attached hydrogens (primary N) is 1. The molecule has 0 radical (unpaired) electrons. The summed E-state index contributed by atoms with van der Waals surface area (Å²) in [6.07, 6.45) is -0.0781. The van der Waals surface area contributed by atoms with Gasteiger partial charge in [-0.1, -0.05) is 6.07 Å². The van der Waals surface area contributed by atoms with Crippen molar-refractivity contribution in [2.24, 2.45) is 5.73 Å². The molecule has 0 aliphatic rings. The average molecular weight is 227 g/mol. The fourth-order valence-corrected chi connectivity index (χ4v) is 1.48. The number of ether oxygens (including phenoxy) is 1. The van der Waals surface area contributed by atoms with Gasteiger partial charge in [-0.3, -0.25) is 4.79 Å². The third-order valence-corrected chi connectivity index (χ3v) is 2.35. The van der Waals surface area contributed by atoms with Gasteiger partial charge in [-0.15, -0.1) is 0 Å². The summed E-state index contributed by atoms with van der Waals surface area (Å²) < 4.78 is 17.9. The molecule has 0 heterocycles. The third-order valence-electron chi connectivity index (χ3n) is 2.35. The molecule has 1 atom stereocenters. The van der Waals surface area contributed by atoms with Gasteiger partial charge in [0.1, 0.15) is 0 Å². The zero-order chi connectivity index (χ0) is 12.1. The first kappa shape index (κ1) is 12.4. The van der Waals surface area contributed by atoms with Gasteiger partial charge < -0.3 is 15.6 Å². The first-order chi connectivity index (χ1) is 7.58. The quantitative estimate of drug-likeness (QED) is 0.796. The van der Waals surface area contributed by atoms with Crippen LogP contribution in [-0.2, 0) is 4.79 Å². The summed E-state index contributed by atoms with van der Waals surface area (Å²) in [6.45, 7) is 0.196. The Hall–Kier alpha value is -1.62. The zero-order valence-corrected chi connectivity index (χ0v) is 8.94. The SMILES string of the molecule is COc1cc(C(CN)CC(=O)O)ccc1F. The van der Waals surface area contributed by atoms with E-state index < -0.39 is 11.8 Å². The second-order valence-corrected chi connectivity index (χ2v) is 3.42. The Labute approximate surface area is 92.8 Å². The van der Waals surface area contributed by atoms with Crippen LogP contribution in [0.5, 0.6) is 5.75 Å². The van der Waals surface area contributed by atoms with E-state index in [2.05, 4.69) is 0 Å². The summed E-state index contributed by atoms with van der Waals surface area (Å²) >= 11 is 0. The molecule has 1 rings (SSSR count). The van der Waals surface area contributed by atoms with Crippen LogP contribution in [0.4, 0.5) is 4.39 Å². The highest BCUT2D eigenvalue weighted by atomic mass is 19.1. The van der Waals surface area contributed by atoms with E-state index in [1.54, 1.807) is 0 Å². The van der Waals surface area contributed by atoms with E-state index in [-0.39, 0.29) is 24.6 Å². The molecular formula is C11H14FNO3. The van der Waals surface area contributed by atoms with Crippen molar-refractivity contribution in [1.82, 2.24) is 0 Å². The van der Waals surface area contributed by atoms with Crippen molar-refractivity contribution in [3.05, 3.63) is 29.6 Å². The molecular weight excluding hydrogens is 213 g/mol. The number of carboxylic acid groups (broad SMARTS) is 1. The van der Waals surface area contributed by atoms with E-state index in [1.807, 2.05) is 0 Å². The predicted octanol–water partition coefficient (Wildman–Crippen LogP) is 1.35. The first-order valence-electron chi connectivity index (χ1n) is 4.83. The summed E-state index contributed by atoms with van der Waals surface area (Å²) in [5, 5.41) is 8.70. The summed E-state index contributed by atoms with van der Waals surface area (Å²) in [6, 6.07) is 4.26. The Morgan fingerprint density at radius 3 is 2.81 bits per heavy atom. The van der Waals surface area contributed by atoms with Crippen LogP contribution < -0.4 is 10.5 Å². The number of hydrogen-bond acceptors (Lipinski definition) is 3. The van der Waals surface area contributed by atoms with E-state index in [4.69, 9.17) is 15.6 Å². The topological polar surface area (TPSA) is 72.5 Å². The maximum absolute atomic E-state index is 13.1. The van der Waals surface area contributed by atoms with Crippen LogP contribution in [-0.4, -0.2) is 24.7 Å². The zero-order valence-electron chi connectivity index (χ0n) is 8.94. The molecule has 0 bridgehead atoms. The van der Waals surface area contributed by atoms with Gasteiger partial charge in [-0.05, 0) is 24.2 Å². The third kappa shape index (κ3) is 2.93. The lowest BCUT2D eigenvalue weighted by Crippen LogP contribution is -2.16. The molecule has 0 saturated heterocycles. The summed E-state index contributed by atoms with van der Waals surface area (Å²) in [4.78, 5) is 10.6. The van der Waals surface area contributed by atoms with Gasteiger partial charge in [0, 0.05) is 5.92 Å². The number of methoxy groups -OCH3 is 1. The number of hydrogen-bond donors (Lipinski definition) is 2. The molecule has 16 heavy (non-hydrogen) atoms. The van der Waals surface area contributed by atoms with Crippen LogP contribution in [0.3, 0.4) is 0 Å². The molecule has 0 amide bonds. The van der Waals surface area contributed by atoms with Crippen molar-refractivity contribution in [2.75, 3.05) is 13.7 Å². The van der Waals surface area contributed by atoms with Crippen molar-refractivity contribution in [3.63, 3.8) is 0 Å². The minimum absolute atomic E-state index is 0.0781. The molecule has 0 saturated carbocycles. The van der Waals surface area contributed by atoms with Crippen molar-refractivity contribution >= 4 is 5.97 Å². The summed E-state index contributed by atoms with van der Waals surface area (Å²) in [5.41, 5.74) is 6.15. The van der Waals surface area contributed by atoms with Gasteiger partial charge in [0.15, 0.2) is 11.6 Å². The van der Waals surface area contributed by atoms with Crippen LogP contribution in [0, 0.1) is 5.82 Å². The van der Waals surface area contributed by atoms with E-state index >= 15 is 0 Å². The number of aliphatic carboxylic acids is 1. The van der Waals surface area contributed by atoms with Gasteiger partial charge in [-0.25, -0.2) is 4.39 Å². The van der Waals surface area contributed by atoms with Crippen molar-refractivity contribution < 1.29 is 19.0 Å². The van der Waals surface area contributed by atoms with E-state index in [0.717, 1.165) is 0 Å².